The van der Waals surface area contributed by atoms with Gasteiger partial charge in [-0.2, -0.15) is 5.10 Å². The fraction of sp³-hybridized carbons (Fsp3) is 0.130. The number of fused-ring (bicyclic) bond motifs is 4. The molecule has 0 unspecified atom stereocenters. The lowest BCUT2D eigenvalue weighted by molar-refractivity contribution is 0.171. The van der Waals surface area contributed by atoms with E-state index in [2.05, 4.69) is 15.3 Å². The van der Waals surface area contributed by atoms with E-state index in [0.717, 1.165) is 16.8 Å². The Bertz CT molecular complexity index is 1570. The van der Waals surface area contributed by atoms with Crippen LogP contribution in [0.3, 0.4) is 0 Å². The first kappa shape index (κ1) is 18.8. The lowest BCUT2D eigenvalue weighted by Gasteiger charge is -2.19. The second-order valence-electron chi connectivity index (χ2n) is 7.46. The molecule has 32 heavy (non-hydrogen) atoms. The topological polar surface area (TPSA) is 83.5 Å². The van der Waals surface area contributed by atoms with Crippen molar-refractivity contribution in [1.82, 2.24) is 24.4 Å². The highest BCUT2D eigenvalue weighted by molar-refractivity contribution is 6.30. The molecule has 0 fully saturated rings. The molecule has 4 heterocycles. The van der Waals surface area contributed by atoms with Crippen molar-refractivity contribution in [3.05, 3.63) is 75.8 Å². The molecule has 6 rings (SSSR count). The zero-order valence-corrected chi connectivity index (χ0v) is 17.7. The summed E-state index contributed by atoms with van der Waals surface area (Å²) in [6, 6.07) is 14.7. The van der Waals surface area contributed by atoms with Crippen molar-refractivity contribution < 1.29 is 9.47 Å². The SMILES string of the molecule is Cc1nn2c(nnc3c(=O)n(-c4ccc5c(c4)OCCO5)ccc32)c1-c1ccc(Cl)cc1. The van der Waals surface area contributed by atoms with Crippen molar-refractivity contribution >= 4 is 28.3 Å². The van der Waals surface area contributed by atoms with Gasteiger partial charge in [-0.3, -0.25) is 9.36 Å². The van der Waals surface area contributed by atoms with E-state index in [0.29, 0.717) is 46.6 Å². The molecule has 9 heteroatoms. The normalized spacial score (nSPS) is 13.1. The van der Waals surface area contributed by atoms with E-state index in [1.807, 2.05) is 43.3 Å². The van der Waals surface area contributed by atoms with Gasteiger partial charge in [-0.25, -0.2) is 4.52 Å². The Labute approximate surface area is 186 Å². The van der Waals surface area contributed by atoms with E-state index >= 15 is 0 Å². The summed E-state index contributed by atoms with van der Waals surface area (Å²) in [5.74, 6) is 1.27. The molecule has 0 saturated carbocycles. The summed E-state index contributed by atoms with van der Waals surface area (Å²) < 4.78 is 14.4. The summed E-state index contributed by atoms with van der Waals surface area (Å²) in [5, 5.41) is 13.9. The van der Waals surface area contributed by atoms with E-state index in [1.165, 1.54) is 4.57 Å². The number of ether oxygens (including phenoxy) is 2. The third-order valence-electron chi connectivity index (χ3n) is 5.49. The monoisotopic (exact) mass is 445 g/mol. The number of pyridine rings is 1. The molecule has 0 spiro atoms. The van der Waals surface area contributed by atoms with Gasteiger partial charge in [0, 0.05) is 17.3 Å². The first-order valence-corrected chi connectivity index (χ1v) is 10.4. The number of halogens is 1. The first-order chi connectivity index (χ1) is 15.6. The van der Waals surface area contributed by atoms with Crippen LogP contribution in [0.1, 0.15) is 5.69 Å². The van der Waals surface area contributed by atoms with Crippen LogP contribution in [0.15, 0.2) is 59.5 Å². The molecule has 158 valence electrons. The van der Waals surface area contributed by atoms with Crippen molar-refractivity contribution in [2.24, 2.45) is 0 Å². The van der Waals surface area contributed by atoms with Crippen LogP contribution in [0.25, 0.3) is 33.5 Å². The lowest BCUT2D eigenvalue weighted by atomic mass is 10.1. The molecule has 0 saturated heterocycles. The first-order valence-electron chi connectivity index (χ1n) is 10.0. The average Bonchev–Trinajstić information content (AvgIpc) is 3.16. The summed E-state index contributed by atoms with van der Waals surface area (Å²) in [7, 11) is 0. The van der Waals surface area contributed by atoms with Gasteiger partial charge in [0.15, 0.2) is 22.7 Å². The van der Waals surface area contributed by atoms with E-state index in [-0.39, 0.29) is 11.1 Å². The minimum Gasteiger partial charge on any atom is -0.486 e. The molecule has 5 aromatic rings. The van der Waals surface area contributed by atoms with E-state index < -0.39 is 0 Å². The minimum absolute atomic E-state index is 0.222. The average molecular weight is 446 g/mol. The fourth-order valence-electron chi connectivity index (χ4n) is 3.99. The number of rotatable bonds is 2. The zero-order valence-electron chi connectivity index (χ0n) is 16.9. The van der Waals surface area contributed by atoms with Crippen LogP contribution in [-0.2, 0) is 0 Å². The van der Waals surface area contributed by atoms with E-state index in [4.69, 9.17) is 21.1 Å². The molecular formula is C23H16ClN5O3. The Kier molecular flexibility index (Phi) is 4.16. The van der Waals surface area contributed by atoms with Gasteiger partial charge in [-0.1, -0.05) is 23.7 Å². The molecule has 3 aromatic heterocycles. The molecule has 0 N–H and O–H groups in total. The van der Waals surface area contributed by atoms with E-state index in [1.54, 1.807) is 22.8 Å². The van der Waals surface area contributed by atoms with Gasteiger partial charge >= 0.3 is 0 Å². The predicted octanol–water partition coefficient (Wildman–Crippen LogP) is 3.83. The maximum Gasteiger partial charge on any atom is 0.285 e. The molecule has 0 atom stereocenters. The standard InChI is InChI=1S/C23H16ClN5O3/c1-13-20(14-2-4-15(24)5-3-14)22-26-25-21-17(29(22)27-13)8-9-28(23(21)30)16-6-7-18-19(12-16)32-11-10-31-18/h2-9,12H,10-11H2,1H3. The number of aromatic nitrogens is 5. The van der Waals surface area contributed by atoms with Crippen LogP contribution in [-0.4, -0.2) is 37.6 Å². The maximum atomic E-state index is 13.3. The number of hydrogen-bond acceptors (Lipinski definition) is 6. The summed E-state index contributed by atoms with van der Waals surface area (Å²) >= 11 is 6.03. The Hall–Kier alpha value is -3.91. The second kappa shape index (κ2) is 7.06. The summed E-state index contributed by atoms with van der Waals surface area (Å²) in [6.45, 7) is 2.89. The predicted molar refractivity (Wildman–Crippen MR) is 120 cm³/mol. The van der Waals surface area contributed by atoms with Crippen LogP contribution < -0.4 is 15.0 Å². The Morgan fingerprint density at radius 3 is 2.56 bits per heavy atom. The zero-order chi connectivity index (χ0) is 21.8. The molecule has 1 aliphatic rings. The van der Waals surface area contributed by atoms with Crippen LogP contribution in [0.2, 0.25) is 5.02 Å². The summed E-state index contributed by atoms with van der Waals surface area (Å²) in [5.41, 5.74) is 4.31. The molecule has 0 amide bonds. The highest BCUT2D eigenvalue weighted by Gasteiger charge is 2.19. The quantitative estimate of drug-likeness (QED) is 0.410. The van der Waals surface area contributed by atoms with Gasteiger partial charge in [-0.05, 0) is 42.8 Å². The summed E-state index contributed by atoms with van der Waals surface area (Å²) in [6.07, 6.45) is 1.70. The molecule has 0 radical (unpaired) electrons. The van der Waals surface area contributed by atoms with Crippen LogP contribution >= 0.6 is 11.6 Å². The number of nitrogens with zero attached hydrogens (tertiary/aromatic N) is 5. The molecule has 1 aliphatic heterocycles. The molecule has 0 bridgehead atoms. The number of benzene rings is 2. The van der Waals surface area contributed by atoms with Gasteiger partial charge in [0.2, 0.25) is 0 Å². The number of hydrogen-bond donors (Lipinski definition) is 0. The van der Waals surface area contributed by atoms with Gasteiger partial charge in [0.1, 0.15) is 18.7 Å². The summed E-state index contributed by atoms with van der Waals surface area (Å²) in [4.78, 5) is 13.3. The van der Waals surface area contributed by atoms with Gasteiger partial charge in [-0.15, -0.1) is 10.2 Å². The largest absolute Gasteiger partial charge is 0.486 e. The highest BCUT2D eigenvalue weighted by Crippen LogP contribution is 2.32. The molecule has 8 nitrogen and oxygen atoms in total. The van der Waals surface area contributed by atoms with Crippen molar-refractivity contribution in [1.29, 1.82) is 0 Å². The third-order valence-corrected chi connectivity index (χ3v) is 5.74. The Balaban J connectivity index is 1.53. The highest BCUT2D eigenvalue weighted by atomic mass is 35.5. The van der Waals surface area contributed by atoms with Crippen molar-refractivity contribution in [3.8, 4) is 28.3 Å². The number of aryl methyl sites for hydroxylation is 1. The third kappa shape index (κ3) is 2.84. The smallest absolute Gasteiger partial charge is 0.285 e. The maximum absolute atomic E-state index is 13.3. The second-order valence-corrected chi connectivity index (χ2v) is 7.89. The van der Waals surface area contributed by atoms with Gasteiger partial charge in [0.05, 0.1) is 16.9 Å². The van der Waals surface area contributed by atoms with Crippen molar-refractivity contribution in [2.45, 2.75) is 6.92 Å². The van der Waals surface area contributed by atoms with Crippen LogP contribution in [0.4, 0.5) is 0 Å². The molecule has 0 aliphatic carbocycles. The molecule has 2 aromatic carbocycles. The van der Waals surface area contributed by atoms with Crippen molar-refractivity contribution in [2.75, 3.05) is 13.2 Å². The minimum atomic E-state index is -0.297. The van der Waals surface area contributed by atoms with Gasteiger partial charge in [0.25, 0.3) is 5.56 Å². The lowest BCUT2D eigenvalue weighted by Crippen LogP contribution is -2.21. The fourth-order valence-corrected chi connectivity index (χ4v) is 4.12. The van der Waals surface area contributed by atoms with E-state index in [9.17, 15) is 4.79 Å². The van der Waals surface area contributed by atoms with Crippen molar-refractivity contribution in [3.63, 3.8) is 0 Å². The Morgan fingerprint density at radius 1 is 0.969 bits per heavy atom. The Morgan fingerprint density at radius 2 is 1.75 bits per heavy atom. The van der Waals surface area contributed by atoms with Crippen LogP contribution in [0, 0.1) is 6.92 Å². The van der Waals surface area contributed by atoms with Gasteiger partial charge < -0.3 is 9.47 Å². The van der Waals surface area contributed by atoms with Crippen LogP contribution in [0.5, 0.6) is 11.5 Å². The molecular weight excluding hydrogens is 430 g/mol.